The first-order chi connectivity index (χ1) is 8.03. The highest BCUT2D eigenvalue weighted by molar-refractivity contribution is 6.21. The second-order valence-corrected chi connectivity index (χ2v) is 6.13. The quantitative estimate of drug-likeness (QED) is 0.724. The lowest BCUT2D eigenvalue weighted by Gasteiger charge is -2.25. The third-order valence-corrected chi connectivity index (χ3v) is 4.78. The van der Waals surface area contributed by atoms with E-state index in [4.69, 9.17) is 11.6 Å². The molecule has 1 fully saturated rings. The third-order valence-electron chi connectivity index (χ3n) is 4.27. The fourth-order valence-electron chi connectivity index (χ4n) is 2.75. The zero-order valence-electron chi connectivity index (χ0n) is 11.4. The van der Waals surface area contributed by atoms with Crippen molar-refractivity contribution in [3.63, 3.8) is 0 Å². The van der Waals surface area contributed by atoms with E-state index >= 15 is 0 Å². The predicted molar refractivity (Wildman–Crippen MR) is 73.3 cm³/mol. The van der Waals surface area contributed by atoms with Crippen molar-refractivity contribution in [2.24, 2.45) is 11.3 Å². The molecule has 0 aromatic heterocycles. The van der Waals surface area contributed by atoms with E-state index in [1.54, 1.807) is 0 Å². The van der Waals surface area contributed by atoms with Crippen molar-refractivity contribution in [3.05, 3.63) is 0 Å². The molecule has 0 saturated heterocycles. The van der Waals surface area contributed by atoms with Crippen LogP contribution in [0.1, 0.15) is 59.3 Å². The number of carbonyl (C=O) groups excluding carboxylic acids is 1. The molecule has 0 aromatic rings. The van der Waals surface area contributed by atoms with E-state index < -0.39 is 0 Å². The minimum atomic E-state index is -0.134. The Morgan fingerprint density at radius 3 is 2.29 bits per heavy atom. The number of carbonyl (C=O) groups is 1. The van der Waals surface area contributed by atoms with Crippen molar-refractivity contribution in [3.8, 4) is 0 Å². The van der Waals surface area contributed by atoms with E-state index in [-0.39, 0.29) is 16.7 Å². The first-order valence-corrected chi connectivity index (χ1v) is 7.39. The van der Waals surface area contributed by atoms with Gasteiger partial charge in [0.2, 0.25) is 5.91 Å². The fraction of sp³-hybridized carbons (Fsp3) is 0.929. The minimum Gasteiger partial charge on any atom is -0.354 e. The molecular formula is C14H26ClNO. The summed E-state index contributed by atoms with van der Waals surface area (Å²) in [5.41, 5.74) is -0.134. The average Bonchev–Trinajstić information content (AvgIpc) is 2.76. The Morgan fingerprint density at radius 2 is 1.82 bits per heavy atom. The molecule has 1 aliphatic carbocycles. The molecule has 3 heteroatoms. The topological polar surface area (TPSA) is 29.1 Å². The second-order valence-electron chi connectivity index (χ2n) is 5.57. The van der Waals surface area contributed by atoms with E-state index in [0.29, 0.717) is 12.5 Å². The lowest BCUT2D eigenvalue weighted by atomic mass is 9.87. The van der Waals surface area contributed by atoms with E-state index in [2.05, 4.69) is 26.1 Å². The number of halogens is 1. The summed E-state index contributed by atoms with van der Waals surface area (Å²) in [6.45, 7) is 7.01. The van der Waals surface area contributed by atoms with Crippen LogP contribution in [0.5, 0.6) is 0 Å². The maximum atomic E-state index is 12.1. The van der Waals surface area contributed by atoms with Crippen molar-refractivity contribution >= 4 is 17.5 Å². The highest BCUT2D eigenvalue weighted by Crippen LogP contribution is 2.37. The lowest BCUT2D eigenvalue weighted by molar-refractivity contribution is -0.129. The maximum absolute atomic E-state index is 12.1. The lowest BCUT2D eigenvalue weighted by Crippen LogP contribution is -2.41. The Balaban J connectivity index is 2.37. The van der Waals surface area contributed by atoms with Crippen LogP contribution in [0.15, 0.2) is 0 Å². The zero-order valence-corrected chi connectivity index (χ0v) is 12.1. The van der Waals surface area contributed by atoms with E-state index in [9.17, 15) is 4.79 Å². The smallest absolute Gasteiger partial charge is 0.225 e. The van der Waals surface area contributed by atoms with Crippen LogP contribution >= 0.6 is 11.6 Å². The number of rotatable bonds is 6. The summed E-state index contributed by atoms with van der Waals surface area (Å²) in [7, 11) is 0. The highest BCUT2D eigenvalue weighted by atomic mass is 35.5. The van der Waals surface area contributed by atoms with Gasteiger partial charge in [-0.1, -0.05) is 46.5 Å². The monoisotopic (exact) mass is 259 g/mol. The van der Waals surface area contributed by atoms with Crippen LogP contribution in [0.4, 0.5) is 0 Å². The fourth-order valence-corrected chi connectivity index (χ4v) is 3.19. The van der Waals surface area contributed by atoms with Gasteiger partial charge in [-0.3, -0.25) is 4.79 Å². The Bertz CT molecular complexity index is 245. The molecule has 1 N–H and O–H groups in total. The molecule has 0 spiro atoms. The van der Waals surface area contributed by atoms with Crippen LogP contribution in [-0.2, 0) is 4.79 Å². The molecule has 0 radical (unpaired) electrons. The molecule has 0 aliphatic heterocycles. The molecule has 1 amide bonds. The summed E-state index contributed by atoms with van der Waals surface area (Å²) in [6, 6.07) is 0. The minimum absolute atomic E-state index is 0.0685. The first-order valence-electron chi connectivity index (χ1n) is 6.96. The number of alkyl halides is 1. The molecule has 1 rings (SSSR count). The SMILES string of the molecule is CCC(CC)C(Cl)CNC(=O)C1(C)CCCC1. The molecule has 1 saturated carbocycles. The molecule has 1 aliphatic rings. The maximum Gasteiger partial charge on any atom is 0.225 e. The van der Waals surface area contributed by atoms with Crippen molar-refractivity contribution < 1.29 is 4.79 Å². The van der Waals surface area contributed by atoms with Gasteiger partial charge >= 0.3 is 0 Å². The van der Waals surface area contributed by atoms with Gasteiger partial charge < -0.3 is 5.32 Å². The molecule has 17 heavy (non-hydrogen) atoms. The summed E-state index contributed by atoms with van der Waals surface area (Å²) in [6.07, 6.45) is 6.57. The van der Waals surface area contributed by atoms with Crippen LogP contribution in [0.2, 0.25) is 0 Å². The standard InChI is InChI=1S/C14H26ClNO/c1-4-11(5-2)12(15)10-16-13(17)14(3)8-6-7-9-14/h11-12H,4-10H2,1-3H3,(H,16,17). The number of nitrogens with one attached hydrogen (secondary N) is 1. The summed E-state index contributed by atoms with van der Waals surface area (Å²) in [4.78, 5) is 12.1. The van der Waals surface area contributed by atoms with Crippen LogP contribution in [-0.4, -0.2) is 17.8 Å². The summed E-state index contributed by atoms with van der Waals surface area (Å²) < 4.78 is 0. The van der Waals surface area contributed by atoms with Crippen molar-refractivity contribution in [1.82, 2.24) is 5.32 Å². The molecule has 0 heterocycles. The third kappa shape index (κ3) is 3.87. The van der Waals surface area contributed by atoms with E-state index in [1.807, 2.05) is 0 Å². The summed E-state index contributed by atoms with van der Waals surface area (Å²) >= 11 is 6.33. The Labute approximate surface area is 110 Å². The van der Waals surface area contributed by atoms with Gasteiger partial charge in [0, 0.05) is 12.0 Å². The number of hydrogen-bond donors (Lipinski definition) is 1. The van der Waals surface area contributed by atoms with Gasteiger partial charge in [-0.15, -0.1) is 11.6 Å². The van der Waals surface area contributed by atoms with Crippen molar-refractivity contribution in [2.45, 2.75) is 64.7 Å². The molecule has 0 bridgehead atoms. The first kappa shape index (κ1) is 14.8. The molecular weight excluding hydrogens is 234 g/mol. The van der Waals surface area contributed by atoms with E-state index in [0.717, 1.165) is 25.7 Å². The van der Waals surface area contributed by atoms with Gasteiger partial charge in [0.1, 0.15) is 0 Å². The molecule has 0 aromatic carbocycles. The van der Waals surface area contributed by atoms with Crippen LogP contribution in [0.25, 0.3) is 0 Å². The van der Waals surface area contributed by atoms with Gasteiger partial charge in [-0.25, -0.2) is 0 Å². The molecule has 2 nitrogen and oxygen atoms in total. The van der Waals surface area contributed by atoms with Crippen LogP contribution in [0, 0.1) is 11.3 Å². The number of hydrogen-bond acceptors (Lipinski definition) is 1. The Hall–Kier alpha value is -0.240. The van der Waals surface area contributed by atoms with Gasteiger partial charge in [-0.05, 0) is 18.8 Å². The van der Waals surface area contributed by atoms with Crippen LogP contribution in [0.3, 0.4) is 0 Å². The Morgan fingerprint density at radius 1 is 1.29 bits per heavy atom. The predicted octanol–water partition coefficient (Wildman–Crippen LogP) is 3.73. The second kappa shape index (κ2) is 6.63. The van der Waals surface area contributed by atoms with Crippen LogP contribution < -0.4 is 5.32 Å². The largest absolute Gasteiger partial charge is 0.354 e. The van der Waals surface area contributed by atoms with E-state index in [1.165, 1.54) is 12.8 Å². The van der Waals surface area contributed by atoms with Crippen molar-refractivity contribution in [1.29, 1.82) is 0 Å². The number of amides is 1. The summed E-state index contributed by atoms with van der Waals surface area (Å²) in [5, 5.41) is 3.11. The van der Waals surface area contributed by atoms with Gasteiger partial charge in [0.05, 0.1) is 5.38 Å². The normalized spacial score (nSPS) is 20.5. The van der Waals surface area contributed by atoms with Gasteiger partial charge in [0.15, 0.2) is 0 Å². The molecule has 100 valence electrons. The average molecular weight is 260 g/mol. The molecule has 1 atom stereocenters. The highest BCUT2D eigenvalue weighted by Gasteiger charge is 2.36. The van der Waals surface area contributed by atoms with Crippen molar-refractivity contribution in [2.75, 3.05) is 6.54 Å². The Kier molecular flexibility index (Phi) is 5.78. The molecule has 1 unspecified atom stereocenters. The zero-order chi connectivity index (χ0) is 12.9. The summed E-state index contributed by atoms with van der Waals surface area (Å²) in [5.74, 6) is 0.708. The van der Waals surface area contributed by atoms with Gasteiger partial charge in [-0.2, -0.15) is 0 Å². The van der Waals surface area contributed by atoms with Gasteiger partial charge in [0.25, 0.3) is 0 Å².